The number of phenols is 1. The zero-order chi connectivity index (χ0) is 36.1. The second-order valence-corrected chi connectivity index (χ2v) is 14.3. The van der Waals surface area contributed by atoms with Crippen molar-refractivity contribution in [1.82, 2.24) is 15.0 Å². The summed E-state index contributed by atoms with van der Waals surface area (Å²) in [6, 6.07) is 7.81. The van der Waals surface area contributed by atoms with E-state index < -0.39 is 57.3 Å². The number of nitrogens with two attached hydrogens (primary N) is 1. The van der Waals surface area contributed by atoms with E-state index in [4.69, 9.17) is 10.3 Å². The number of benzene rings is 3. The van der Waals surface area contributed by atoms with Crippen LogP contribution in [0.3, 0.4) is 0 Å². The number of nitrogens with zero attached hydrogens (tertiary/aromatic N) is 6. The van der Waals surface area contributed by atoms with Crippen molar-refractivity contribution < 1.29 is 54.2 Å². The third kappa shape index (κ3) is 9.63. The molecule has 0 spiro atoms. The van der Waals surface area contributed by atoms with Crippen molar-refractivity contribution in [2.75, 3.05) is 59.9 Å². The van der Waals surface area contributed by atoms with Crippen molar-refractivity contribution in [2.45, 2.75) is 9.79 Å². The molecule has 0 aliphatic heterocycles. The fraction of sp³-hybridized carbons (Fsp3) is 0.240. The lowest BCUT2D eigenvalue weighted by Crippen LogP contribution is -2.32. The van der Waals surface area contributed by atoms with E-state index in [1.807, 2.05) is 0 Å². The smallest absolute Gasteiger partial charge is 0.296 e. The second kappa shape index (κ2) is 14.7. The molecule has 49 heavy (non-hydrogen) atoms. The van der Waals surface area contributed by atoms with E-state index in [2.05, 4.69) is 35.8 Å². The van der Waals surface area contributed by atoms with Gasteiger partial charge in [-0.05, 0) is 35.7 Å². The number of aliphatic hydroxyl groups is 2. The molecule has 0 saturated heterocycles. The average Bonchev–Trinajstić information content (AvgIpc) is 2.99. The summed E-state index contributed by atoms with van der Waals surface area (Å²) in [6.07, 6.45) is 0. The number of fused-ring (bicyclic) bond motifs is 1. The summed E-state index contributed by atoms with van der Waals surface area (Å²) in [7, 11) is -14.0. The van der Waals surface area contributed by atoms with Crippen molar-refractivity contribution in [2.24, 2.45) is 10.2 Å². The SMILES string of the molecule is Nc1ccc2cc(S(=O)(=O)O)cc(O)c2c1/N=N/c1ccc(Nc2nc(NCCS(=O)(=O)O)nc(N(CCO)CCO)n2)cc1S(=O)(=O)O. The molecule has 4 rings (SSSR count). The molecule has 0 fully saturated rings. The molecule has 0 saturated carbocycles. The lowest BCUT2D eigenvalue weighted by atomic mass is 10.1. The van der Waals surface area contributed by atoms with Gasteiger partial charge in [-0.1, -0.05) is 6.07 Å². The number of aliphatic hydroxyl groups excluding tert-OH is 2. The number of phenolic OH excluding ortho intramolecular Hbond substituents is 1. The maximum Gasteiger partial charge on any atom is 0.296 e. The number of anilines is 5. The first-order chi connectivity index (χ1) is 22.9. The minimum atomic E-state index is -4.98. The Labute approximate surface area is 278 Å². The number of nitrogen functional groups attached to an aromatic ring is 1. The van der Waals surface area contributed by atoms with Gasteiger partial charge in [-0.25, -0.2) is 0 Å². The molecular weight excluding hydrogens is 715 g/mol. The molecule has 264 valence electrons. The van der Waals surface area contributed by atoms with Crippen LogP contribution in [0.1, 0.15) is 0 Å². The second-order valence-electron chi connectivity index (χ2n) is 9.93. The minimum Gasteiger partial charge on any atom is -0.507 e. The van der Waals surface area contributed by atoms with Crippen LogP contribution in [0.5, 0.6) is 5.75 Å². The number of hydrogen-bond donors (Lipinski definition) is 9. The standard InChI is InChI=1S/C25H29N9O12S3/c26-17-3-1-14-11-16(48(41,42)43)13-19(37)21(14)22(17)33-32-18-4-2-15(12-20(18)49(44,45)46)28-24-29-23(27-5-10-47(38,39)40)30-25(31-24)34(6-8-35)7-9-36/h1-4,11-13,35-37H,5-10,26H2,(H,38,39,40)(H,41,42,43)(H,44,45,46)(H2,27,28,29,30,31)/b33-32+. The van der Waals surface area contributed by atoms with Crippen molar-refractivity contribution in [3.63, 3.8) is 0 Å². The summed E-state index contributed by atoms with van der Waals surface area (Å²) >= 11 is 0. The average molecular weight is 744 g/mol. The molecule has 0 atom stereocenters. The van der Waals surface area contributed by atoms with Crippen LogP contribution >= 0.6 is 0 Å². The number of aromatic hydroxyl groups is 1. The summed E-state index contributed by atoms with van der Waals surface area (Å²) in [6.45, 7) is -1.09. The van der Waals surface area contributed by atoms with E-state index in [9.17, 15) is 49.7 Å². The zero-order valence-electron chi connectivity index (χ0n) is 24.9. The molecule has 3 aromatic carbocycles. The van der Waals surface area contributed by atoms with Crippen molar-refractivity contribution in [1.29, 1.82) is 0 Å². The van der Waals surface area contributed by atoms with Crippen molar-refractivity contribution >= 4 is 81.7 Å². The van der Waals surface area contributed by atoms with Crippen LogP contribution in [0.4, 0.5) is 40.6 Å². The highest BCUT2D eigenvalue weighted by Crippen LogP contribution is 2.41. The molecule has 1 aromatic heterocycles. The molecule has 1 heterocycles. The summed E-state index contributed by atoms with van der Waals surface area (Å²) in [5.41, 5.74) is 5.33. The van der Waals surface area contributed by atoms with Crippen LogP contribution in [0, 0.1) is 0 Å². The highest BCUT2D eigenvalue weighted by atomic mass is 32.2. The number of nitrogens with one attached hydrogen (secondary N) is 2. The molecule has 0 unspecified atom stereocenters. The van der Waals surface area contributed by atoms with Gasteiger partial charge in [0, 0.05) is 31.4 Å². The topological polar surface area (TPSA) is 341 Å². The van der Waals surface area contributed by atoms with Crippen LogP contribution in [0.2, 0.25) is 0 Å². The highest BCUT2D eigenvalue weighted by molar-refractivity contribution is 7.86. The highest BCUT2D eigenvalue weighted by Gasteiger charge is 2.20. The van der Waals surface area contributed by atoms with Gasteiger partial charge in [-0.2, -0.15) is 40.2 Å². The Morgan fingerprint density at radius 1 is 0.816 bits per heavy atom. The van der Waals surface area contributed by atoms with E-state index in [0.29, 0.717) is 0 Å². The van der Waals surface area contributed by atoms with E-state index in [1.54, 1.807) is 0 Å². The molecule has 4 aromatic rings. The Bertz CT molecular complexity index is 2230. The van der Waals surface area contributed by atoms with Gasteiger partial charge in [0.2, 0.25) is 17.8 Å². The third-order valence-electron chi connectivity index (χ3n) is 6.41. The first-order valence-corrected chi connectivity index (χ1v) is 18.1. The van der Waals surface area contributed by atoms with Gasteiger partial charge in [-0.3, -0.25) is 13.7 Å². The maximum absolute atomic E-state index is 12.4. The molecule has 10 N–H and O–H groups in total. The number of azo groups is 1. The summed E-state index contributed by atoms with van der Waals surface area (Å²) < 4.78 is 98.6. The van der Waals surface area contributed by atoms with E-state index >= 15 is 0 Å². The van der Waals surface area contributed by atoms with Gasteiger partial charge in [0.1, 0.15) is 22.0 Å². The number of rotatable bonds is 15. The molecule has 0 aliphatic rings. The third-order valence-corrected chi connectivity index (χ3v) is 8.85. The van der Waals surface area contributed by atoms with Gasteiger partial charge < -0.3 is 36.6 Å². The van der Waals surface area contributed by atoms with Gasteiger partial charge in [0.25, 0.3) is 30.4 Å². The molecule has 0 amide bonds. The lowest BCUT2D eigenvalue weighted by molar-refractivity contribution is 0.280. The van der Waals surface area contributed by atoms with Crippen LogP contribution in [0.25, 0.3) is 10.8 Å². The van der Waals surface area contributed by atoms with Crippen LogP contribution in [-0.4, -0.2) is 108 Å². The fourth-order valence-electron chi connectivity index (χ4n) is 4.27. The Morgan fingerprint density at radius 3 is 2.10 bits per heavy atom. The van der Waals surface area contributed by atoms with Crippen LogP contribution < -0.4 is 21.3 Å². The van der Waals surface area contributed by atoms with Crippen molar-refractivity contribution in [3.05, 3.63) is 42.5 Å². The van der Waals surface area contributed by atoms with Gasteiger partial charge in [-0.15, -0.1) is 10.2 Å². The molecule has 0 radical (unpaired) electrons. The molecule has 0 aliphatic carbocycles. The van der Waals surface area contributed by atoms with Crippen molar-refractivity contribution in [3.8, 4) is 5.75 Å². The van der Waals surface area contributed by atoms with Crippen LogP contribution in [-0.2, 0) is 30.4 Å². The lowest BCUT2D eigenvalue weighted by Gasteiger charge is -2.21. The molecule has 21 nitrogen and oxygen atoms in total. The minimum absolute atomic E-state index is 0.0245. The Kier molecular flexibility index (Phi) is 11.1. The first kappa shape index (κ1) is 37.0. The predicted molar refractivity (Wildman–Crippen MR) is 175 cm³/mol. The van der Waals surface area contributed by atoms with Crippen LogP contribution in [0.15, 0.2) is 62.5 Å². The summed E-state index contributed by atoms with van der Waals surface area (Å²) in [5.74, 6) is -1.86. The normalized spacial score (nSPS) is 12.4. The zero-order valence-corrected chi connectivity index (χ0v) is 27.4. The quantitative estimate of drug-likeness (QED) is 0.0466. The van der Waals surface area contributed by atoms with E-state index in [1.165, 1.54) is 23.1 Å². The molecule has 24 heteroatoms. The Hall–Kier alpha value is -4.82. The molecular formula is C25H29N9O12S3. The van der Waals surface area contributed by atoms with E-state index in [0.717, 1.165) is 24.3 Å². The van der Waals surface area contributed by atoms with Gasteiger partial charge in [0.15, 0.2) is 0 Å². The Balaban J connectivity index is 1.74. The number of aromatic nitrogens is 3. The monoisotopic (exact) mass is 743 g/mol. The van der Waals surface area contributed by atoms with Gasteiger partial charge >= 0.3 is 0 Å². The Morgan fingerprint density at radius 2 is 1.49 bits per heavy atom. The van der Waals surface area contributed by atoms with Gasteiger partial charge in [0.05, 0.1) is 34.9 Å². The predicted octanol–water partition coefficient (Wildman–Crippen LogP) is 1.06. The maximum atomic E-state index is 12.4. The first-order valence-electron chi connectivity index (χ1n) is 13.6. The number of hydrogen-bond acceptors (Lipinski definition) is 18. The largest absolute Gasteiger partial charge is 0.507 e. The van der Waals surface area contributed by atoms with E-state index in [-0.39, 0.29) is 78.5 Å². The fourth-order valence-corrected chi connectivity index (χ4v) is 5.82. The molecule has 0 bridgehead atoms. The summed E-state index contributed by atoms with van der Waals surface area (Å²) in [4.78, 5) is 12.4. The summed E-state index contributed by atoms with van der Waals surface area (Å²) in [5, 5.41) is 42.5.